The molecule has 1 N–H and O–H groups in total. The van der Waals surface area contributed by atoms with Gasteiger partial charge >= 0.3 is 0 Å². The molecule has 1 heterocycles. The number of methoxy groups -OCH3 is 2. The van der Waals surface area contributed by atoms with Crippen molar-refractivity contribution in [2.45, 2.75) is 20.0 Å². The number of aromatic nitrogens is 2. The number of nitrogens with zero attached hydrogens (tertiary/aromatic N) is 3. The predicted octanol–water partition coefficient (Wildman–Crippen LogP) is 2.97. The third kappa shape index (κ3) is 4.36. The summed E-state index contributed by atoms with van der Waals surface area (Å²) in [5.41, 5.74) is 1.21. The fourth-order valence-electron chi connectivity index (χ4n) is 3.12. The van der Waals surface area contributed by atoms with Gasteiger partial charge in [-0.05, 0) is 36.4 Å². The number of nitriles is 1. The van der Waals surface area contributed by atoms with Gasteiger partial charge in [0.05, 0.1) is 43.3 Å². The summed E-state index contributed by atoms with van der Waals surface area (Å²) in [6.45, 7) is 3.25. The van der Waals surface area contributed by atoms with Crippen LogP contribution in [0.3, 0.4) is 0 Å². The van der Waals surface area contributed by atoms with Crippen molar-refractivity contribution in [1.82, 2.24) is 14.9 Å². The molecule has 0 unspecified atom stereocenters. The van der Waals surface area contributed by atoms with Gasteiger partial charge in [-0.2, -0.15) is 5.26 Å². The van der Waals surface area contributed by atoms with Crippen LogP contribution in [0.15, 0.2) is 35.1 Å². The number of halogens is 1. The summed E-state index contributed by atoms with van der Waals surface area (Å²) in [7, 11) is 3.02. The highest BCUT2D eigenvalue weighted by Crippen LogP contribution is 2.30. The highest BCUT2D eigenvalue weighted by atomic mass is 19.1. The summed E-state index contributed by atoms with van der Waals surface area (Å²) < 4.78 is 24.1. The smallest absolute Gasteiger partial charge is 0.258 e. The molecule has 0 spiro atoms. The average molecular weight is 396 g/mol. The molecule has 7 nitrogen and oxygen atoms in total. The van der Waals surface area contributed by atoms with Crippen molar-refractivity contribution in [2.24, 2.45) is 0 Å². The normalized spacial score (nSPS) is 10.9. The third-order valence-corrected chi connectivity index (χ3v) is 4.66. The molecule has 3 rings (SSSR count). The molecule has 0 atom stereocenters. The second kappa shape index (κ2) is 8.71. The van der Waals surface area contributed by atoms with Crippen LogP contribution < -0.4 is 15.0 Å². The van der Waals surface area contributed by atoms with Crippen LogP contribution in [0.2, 0.25) is 0 Å². The first-order valence-electron chi connectivity index (χ1n) is 9.04. The van der Waals surface area contributed by atoms with Gasteiger partial charge in [0.25, 0.3) is 5.56 Å². The highest BCUT2D eigenvalue weighted by molar-refractivity contribution is 5.81. The molecule has 0 saturated carbocycles. The Labute approximate surface area is 167 Å². The number of ether oxygens (including phenoxy) is 2. The monoisotopic (exact) mass is 396 g/mol. The van der Waals surface area contributed by atoms with Crippen molar-refractivity contribution in [3.63, 3.8) is 0 Å². The first-order valence-corrected chi connectivity index (χ1v) is 9.04. The van der Waals surface area contributed by atoms with E-state index in [1.807, 2.05) is 11.8 Å². The van der Waals surface area contributed by atoms with Crippen molar-refractivity contribution < 1.29 is 13.9 Å². The van der Waals surface area contributed by atoms with E-state index in [2.05, 4.69) is 16.0 Å². The maximum atomic E-state index is 13.6. The summed E-state index contributed by atoms with van der Waals surface area (Å²) in [4.78, 5) is 21.8. The van der Waals surface area contributed by atoms with Gasteiger partial charge in [0.2, 0.25) is 0 Å². The van der Waals surface area contributed by atoms with Crippen LogP contribution in [0, 0.1) is 17.1 Å². The zero-order chi connectivity index (χ0) is 21.0. The maximum absolute atomic E-state index is 13.6. The summed E-state index contributed by atoms with van der Waals surface area (Å²) in [6, 6.07) is 9.42. The molecule has 3 aromatic rings. The van der Waals surface area contributed by atoms with E-state index in [0.717, 1.165) is 0 Å². The molecule has 150 valence electrons. The minimum atomic E-state index is -0.395. The molecule has 0 amide bonds. The molecule has 0 aliphatic rings. The number of rotatable bonds is 7. The molecule has 2 aromatic carbocycles. The van der Waals surface area contributed by atoms with Crippen molar-refractivity contribution in [3.8, 4) is 17.6 Å². The number of hydrogen-bond acceptors (Lipinski definition) is 6. The lowest BCUT2D eigenvalue weighted by Gasteiger charge is -2.20. The average Bonchev–Trinajstić information content (AvgIpc) is 2.72. The Bertz CT molecular complexity index is 1140. The summed E-state index contributed by atoms with van der Waals surface area (Å²) in [5, 5.41) is 9.65. The molecule has 0 fully saturated rings. The van der Waals surface area contributed by atoms with E-state index in [4.69, 9.17) is 9.47 Å². The number of nitrogens with one attached hydrogen (secondary N) is 1. The largest absolute Gasteiger partial charge is 0.493 e. The zero-order valence-electron chi connectivity index (χ0n) is 16.5. The molecule has 29 heavy (non-hydrogen) atoms. The Kier molecular flexibility index (Phi) is 6.10. The molecule has 8 heteroatoms. The molecule has 0 aliphatic carbocycles. The maximum Gasteiger partial charge on any atom is 0.258 e. The Morgan fingerprint density at radius 2 is 1.90 bits per heavy atom. The van der Waals surface area contributed by atoms with Crippen LogP contribution in [0.4, 0.5) is 4.39 Å². The molecule has 0 bridgehead atoms. The number of hydrogen-bond donors (Lipinski definition) is 1. The minimum Gasteiger partial charge on any atom is -0.493 e. The second-order valence-corrected chi connectivity index (χ2v) is 6.45. The first-order chi connectivity index (χ1) is 14.0. The third-order valence-electron chi connectivity index (χ3n) is 4.66. The van der Waals surface area contributed by atoms with Crippen molar-refractivity contribution in [2.75, 3.05) is 20.8 Å². The highest BCUT2D eigenvalue weighted by Gasteiger charge is 2.14. The summed E-state index contributed by atoms with van der Waals surface area (Å²) in [5.74, 6) is 1.00. The molecule has 0 radical (unpaired) electrons. The number of H-pyrrole nitrogens is 1. The Morgan fingerprint density at radius 1 is 1.17 bits per heavy atom. The topological polar surface area (TPSA) is 91.2 Å². The van der Waals surface area contributed by atoms with Gasteiger partial charge in [-0.15, -0.1) is 0 Å². The van der Waals surface area contributed by atoms with Crippen molar-refractivity contribution >= 4 is 10.9 Å². The Morgan fingerprint density at radius 3 is 2.55 bits per heavy atom. The van der Waals surface area contributed by atoms with Crippen LogP contribution >= 0.6 is 0 Å². The van der Waals surface area contributed by atoms with Crippen LogP contribution in [-0.4, -0.2) is 35.6 Å². The Hall–Kier alpha value is -3.44. The Balaban J connectivity index is 1.93. The van der Waals surface area contributed by atoms with Crippen molar-refractivity contribution in [3.05, 3.63) is 63.5 Å². The summed E-state index contributed by atoms with van der Waals surface area (Å²) >= 11 is 0. The minimum absolute atomic E-state index is 0.287. The standard InChI is InChI=1S/C21H21FN4O3/c1-4-26(11-14-7-15(22)6-5-13(14)10-23)12-20-24-17-9-19(29-3)18(28-2)8-16(17)21(27)25-20/h5-9H,4,11-12H2,1-3H3,(H,24,25,27). The number of aromatic amines is 1. The van der Waals surface area contributed by atoms with Crippen LogP contribution in [0.5, 0.6) is 11.5 Å². The van der Waals surface area contributed by atoms with Crippen LogP contribution in [0.1, 0.15) is 23.9 Å². The van der Waals surface area contributed by atoms with Gasteiger partial charge < -0.3 is 14.5 Å². The lowest BCUT2D eigenvalue weighted by molar-refractivity contribution is 0.264. The van der Waals surface area contributed by atoms with Gasteiger partial charge in [0.15, 0.2) is 11.5 Å². The number of benzene rings is 2. The molecular weight excluding hydrogens is 375 g/mol. The van der Waals surface area contributed by atoms with E-state index in [0.29, 0.717) is 59.0 Å². The van der Waals surface area contributed by atoms with E-state index in [1.54, 1.807) is 12.1 Å². The molecule has 0 saturated heterocycles. The quantitative estimate of drug-likeness (QED) is 0.660. The fourth-order valence-corrected chi connectivity index (χ4v) is 3.12. The van der Waals surface area contributed by atoms with Gasteiger partial charge in [0, 0.05) is 12.6 Å². The van der Waals surface area contributed by atoms with Gasteiger partial charge in [-0.1, -0.05) is 6.92 Å². The van der Waals surface area contributed by atoms with E-state index in [9.17, 15) is 14.4 Å². The summed E-state index contributed by atoms with van der Waals surface area (Å²) in [6.07, 6.45) is 0. The molecular formula is C21H21FN4O3. The lowest BCUT2D eigenvalue weighted by Crippen LogP contribution is -2.26. The zero-order valence-corrected chi connectivity index (χ0v) is 16.5. The molecule has 1 aromatic heterocycles. The lowest BCUT2D eigenvalue weighted by atomic mass is 10.1. The van der Waals surface area contributed by atoms with Gasteiger partial charge in [0.1, 0.15) is 11.6 Å². The van der Waals surface area contributed by atoms with Crippen LogP contribution in [0.25, 0.3) is 10.9 Å². The molecule has 0 aliphatic heterocycles. The second-order valence-electron chi connectivity index (χ2n) is 6.45. The van der Waals surface area contributed by atoms with Crippen molar-refractivity contribution in [1.29, 1.82) is 5.26 Å². The first kappa shape index (κ1) is 20.3. The van der Waals surface area contributed by atoms with E-state index >= 15 is 0 Å². The van der Waals surface area contributed by atoms with Gasteiger partial charge in [-0.25, -0.2) is 9.37 Å². The predicted molar refractivity (Wildman–Crippen MR) is 106 cm³/mol. The SMILES string of the molecule is CCN(Cc1nc2cc(OC)c(OC)cc2c(=O)[nH]1)Cc1cc(F)ccc1C#N. The van der Waals surface area contributed by atoms with Crippen LogP contribution in [-0.2, 0) is 13.1 Å². The van der Waals surface area contributed by atoms with E-state index < -0.39 is 5.82 Å². The van der Waals surface area contributed by atoms with E-state index in [-0.39, 0.29) is 5.56 Å². The van der Waals surface area contributed by atoms with Gasteiger partial charge in [-0.3, -0.25) is 9.69 Å². The number of fused-ring (bicyclic) bond motifs is 1. The fraction of sp³-hybridized carbons (Fsp3) is 0.286. The van der Waals surface area contributed by atoms with E-state index in [1.165, 1.54) is 32.4 Å².